The Morgan fingerprint density at radius 1 is 1.22 bits per heavy atom. The van der Waals surface area contributed by atoms with Crippen molar-refractivity contribution in [3.63, 3.8) is 0 Å². The van der Waals surface area contributed by atoms with Crippen LogP contribution in [0.5, 0.6) is 0 Å². The van der Waals surface area contributed by atoms with Crippen molar-refractivity contribution in [1.82, 2.24) is 14.3 Å². The number of hydrogen-bond donors (Lipinski definition) is 0. The predicted octanol–water partition coefficient (Wildman–Crippen LogP) is 2.29. The smallest absolute Gasteiger partial charge is 0.120 e. The average Bonchev–Trinajstić information content (AvgIpc) is 2.96. The first-order chi connectivity index (χ1) is 8.79. The molecule has 0 spiro atoms. The first kappa shape index (κ1) is 10.6. The third-order valence-corrected chi connectivity index (χ3v) is 3.10. The van der Waals surface area contributed by atoms with Crippen LogP contribution in [0.3, 0.4) is 0 Å². The number of fused-ring (bicyclic) bond motifs is 1. The highest BCUT2D eigenvalue weighted by atomic mass is 15.3. The molecule has 0 saturated carbocycles. The summed E-state index contributed by atoms with van der Waals surface area (Å²) < 4.78 is 3.79. The molecule has 2 aromatic heterocycles. The second kappa shape index (κ2) is 4.04. The van der Waals surface area contributed by atoms with E-state index in [0.29, 0.717) is 12.2 Å². The zero-order valence-electron chi connectivity index (χ0n) is 10.0. The maximum atomic E-state index is 9.01. The van der Waals surface area contributed by atoms with Gasteiger partial charge in [0.15, 0.2) is 0 Å². The van der Waals surface area contributed by atoms with E-state index >= 15 is 0 Å². The Labute approximate surface area is 105 Å². The maximum absolute atomic E-state index is 9.01. The van der Waals surface area contributed by atoms with Gasteiger partial charge in [-0.3, -0.25) is 4.68 Å². The molecular formula is C14H12N4. The maximum Gasteiger partial charge on any atom is 0.120 e. The van der Waals surface area contributed by atoms with Crippen LogP contribution in [0.4, 0.5) is 0 Å². The van der Waals surface area contributed by atoms with Gasteiger partial charge in [0.2, 0.25) is 0 Å². The van der Waals surface area contributed by atoms with Crippen LogP contribution in [0.15, 0.2) is 42.6 Å². The summed E-state index contributed by atoms with van der Waals surface area (Å²) in [4.78, 5) is 0. The fourth-order valence-corrected chi connectivity index (χ4v) is 2.22. The second-order valence-corrected chi connectivity index (χ2v) is 4.22. The minimum absolute atomic E-state index is 0.622. The average molecular weight is 236 g/mol. The number of aromatic nitrogens is 3. The number of hydrogen-bond acceptors (Lipinski definition) is 2. The van der Waals surface area contributed by atoms with Crippen LogP contribution in [0.2, 0.25) is 0 Å². The van der Waals surface area contributed by atoms with Gasteiger partial charge < -0.3 is 4.57 Å². The van der Waals surface area contributed by atoms with Gasteiger partial charge in [0, 0.05) is 18.6 Å². The number of nitriles is 1. The van der Waals surface area contributed by atoms with Crippen LogP contribution in [0.1, 0.15) is 11.4 Å². The van der Waals surface area contributed by atoms with Gasteiger partial charge in [0.05, 0.1) is 17.8 Å². The zero-order chi connectivity index (χ0) is 12.5. The first-order valence-corrected chi connectivity index (χ1v) is 5.75. The number of rotatable bonds is 2. The van der Waals surface area contributed by atoms with Gasteiger partial charge >= 0.3 is 0 Å². The van der Waals surface area contributed by atoms with Gasteiger partial charge in [-0.1, -0.05) is 18.2 Å². The molecule has 0 radical (unpaired) electrons. The summed E-state index contributed by atoms with van der Waals surface area (Å²) >= 11 is 0. The largest absolute Gasteiger partial charge is 0.333 e. The number of nitrogens with zero attached hydrogens (tertiary/aromatic N) is 4. The van der Waals surface area contributed by atoms with E-state index in [4.69, 9.17) is 5.26 Å². The number of benzene rings is 1. The molecule has 0 atom stereocenters. The quantitative estimate of drug-likeness (QED) is 0.685. The molecule has 3 aromatic rings. The third kappa shape index (κ3) is 1.57. The van der Waals surface area contributed by atoms with E-state index in [2.05, 4.69) is 17.2 Å². The standard InChI is InChI=1S/C14H12N4/c1-17-14-7-3-2-6-12(14)13(16-17)10-18-8-4-5-11(18)9-15/h2-8H,10H2,1H3. The van der Waals surface area contributed by atoms with Crippen LogP contribution in [-0.2, 0) is 13.6 Å². The Kier molecular flexibility index (Phi) is 2.38. The molecule has 0 N–H and O–H groups in total. The van der Waals surface area contributed by atoms with Crippen molar-refractivity contribution in [3.05, 3.63) is 54.0 Å². The number of para-hydroxylation sites is 1. The van der Waals surface area contributed by atoms with Crippen molar-refractivity contribution in [3.8, 4) is 6.07 Å². The first-order valence-electron chi connectivity index (χ1n) is 5.75. The molecule has 0 aliphatic rings. The van der Waals surface area contributed by atoms with E-state index in [0.717, 1.165) is 16.6 Å². The van der Waals surface area contributed by atoms with E-state index in [1.165, 1.54) is 0 Å². The summed E-state index contributed by atoms with van der Waals surface area (Å²) in [5, 5.41) is 14.7. The molecule has 0 unspecified atom stereocenters. The molecule has 0 fully saturated rings. The molecule has 0 bridgehead atoms. The topological polar surface area (TPSA) is 46.5 Å². The Morgan fingerprint density at radius 2 is 2.06 bits per heavy atom. The predicted molar refractivity (Wildman–Crippen MR) is 69.0 cm³/mol. The van der Waals surface area contributed by atoms with Crippen molar-refractivity contribution < 1.29 is 0 Å². The SMILES string of the molecule is Cn1nc(Cn2cccc2C#N)c2ccccc21. The van der Waals surface area contributed by atoms with Crippen LogP contribution >= 0.6 is 0 Å². The molecule has 3 rings (SSSR count). The van der Waals surface area contributed by atoms with E-state index in [-0.39, 0.29) is 0 Å². The van der Waals surface area contributed by atoms with Crippen LogP contribution in [0.25, 0.3) is 10.9 Å². The molecule has 0 aliphatic carbocycles. The lowest BCUT2D eigenvalue weighted by Crippen LogP contribution is -2.02. The molecule has 1 aromatic carbocycles. The zero-order valence-corrected chi connectivity index (χ0v) is 10.0. The monoisotopic (exact) mass is 236 g/mol. The van der Waals surface area contributed by atoms with E-state index in [1.54, 1.807) is 0 Å². The molecule has 18 heavy (non-hydrogen) atoms. The molecule has 2 heterocycles. The normalized spacial score (nSPS) is 10.7. The minimum Gasteiger partial charge on any atom is -0.333 e. The Balaban J connectivity index is 2.09. The summed E-state index contributed by atoms with van der Waals surface area (Å²) in [6, 6.07) is 14.0. The summed E-state index contributed by atoms with van der Waals surface area (Å²) in [5.74, 6) is 0. The van der Waals surface area contributed by atoms with Crippen LogP contribution < -0.4 is 0 Å². The van der Waals surface area contributed by atoms with Crippen molar-refractivity contribution in [1.29, 1.82) is 5.26 Å². The lowest BCUT2D eigenvalue weighted by molar-refractivity contribution is 0.717. The van der Waals surface area contributed by atoms with Gasteiger partial charge in [0.25, 0.3) is 0 Å². The van der Waals surface area contributed by atoms with E-state index < -0.39 is 0 Å². The van der Waals surface area contributed by atoms with Crippen molar-refractivity contribution >= 4 is 10.9 Å². The summed E-state index contributed by atoms with van der Waals surface area (Å²) in [5.41, 5.74) is 2.75. The van der Waals surface area contributed by atoms with Crippen LogP contribution in [-0.4, -0.2) is 14.3 Å². The summed E-state index contributed by atoms with van der Waals surface area (Å²) in [6.07, 6.45) is 1.90. The molecule has 4 nitrogen and oxygen atoms in total. The molecule has 88 valence electrons. The Morgan fingerprint density at radius 3 is 2.89 bits per heavy atom. The van der Waals surface area contributed by atoms with Gasteiger partial charge in [0.1, 0.15) is 11.8 Å². The van der Waals surface area contributed by atoms with Crippen molar-refractivity contribution in [2.45, 2.75) is 6.54 Å². The van der Waals surface area contributed by atoms with E-state index in [9.17, 15) is 0 Å². The molecule has 0 aliphatic heterocycles. The highest BCUT2D eigenvalue weighted by Crippen LogP contribution is 2.18. The van der Waals surface area contributed by atoms with E-state index in [1.807, 2.05) is 52.8 Å². The summed E-state index contributed by atoms with van der Waals surface area (Å²) in [7, 11) is 1.94. The van der Waals surface area contributed by atoms with Gasteiger partial charge in [-0.2, -0.15) is 10.4 Å². The Hall–Kier alpha value is -2.54. The molecule has 0 amide bonds. The van der Waals surface area contributed by atoms with Crippen molar-refractivity contribution in [2.75, 3.05) is 0 Å². The molecular weight excluding hydrogens is 224 g/mol. The highest BCUT2D eigenvalue weighted by molar-refractivity contribution is 5.81. The van der Waals surface area contributed by atoms with Gasteiger partial charge in [-0.25, -0.2) is 0 Å². The fraction of sp³-hybridized carbons (Fsp3) is 0.143. The second-order valence-electron chi connectivity index (χ2n) is 4.22. The van der Waals surface area contributed by atoms with Crippen molar-refractivity contribution in [2.24, 2.45) is 7.05 Å². The fourth-order valence-electron chi connectivity index (χ4n) is 2.22. The lowest BCUT2D eigenvalue weighted by atomic mass is 10.2. The Bertz CT molecular complexity index is 743. The number of aryl methyl sites for hydroxylation is 1. The third-order valence-electron chi connectivity index (χ3n) is 3.10. The van der Waals surface area contributed by atoms with Crippen LogP contribution in [0, 0.1) is 11.3 Å². The molecule has 0 saturated heterocycles. The van der Waals surface area contributed by atoms with Gasteiger partial charge in [-0.05, 0) is 18.2 Å². The summed E-state index contributed by atoms with van der Waals surface area (Å²) in [6.45, 7) is 0.622. The lowest BCUT2D eigenvalue weighted by Gasteiger charge is -2.01. The van der Waals surface area contributed by atoms with Gasteiger partial charge in [-0.15, -0.1) is 0 Å². The highest BCUT2D eigenvalue weighted by Gasteiger charge is 2.09. The molecule has 4 heteroatoms. The minimum atomic E-state index is 0.622.